The van der Waals surface area contributed by atoms with Crippen LogP contribution in [0.1, 0.15) is 42.0 Å². The Morgan fingerprint density at radius 2 is 1.61 bits per heavy atom. The molecular formula is C38H32N4OPt. The van der Waals surface area contributed by atoms with Crippen molar-refractivity contribution in [3.8, 4) is 34.1 Å². The molecule has 0 radical (unpaired) electrons. The van der Waals surface area contributed by atoms with Crippen LogP contribution in [0, 0.1) is 32.9 Å². The van der Waals surface area contributed by atoms with Crippen LogP contribution in [0.5, 0.6) is 11.5 Å². The van der Waals surface area contributed by atoms with Crippen LogP contribution in [0.25, 0.3) is 44.4 Å². The summed E-state index contributed by atoms with van der Waals surface area (Å²) in [5, 5.41) is 6.95. The zero-order valence-electron chi connectivity index (χ0n) is 25.3. The third-order valence-corrected chi connectivity index (χ3v) is 7.91. The van der Waals surface area contributed by atoms with E-state index in [0.29, 0.717) is 17.4 Å². The molecule has 7 rings (SSSR count). The molecule has 0 aliphatic rings. The number of fused-ring (bicyclic) bond motifs is 3. The molecule has 3 aromatic heterocycles. The second kappa shape index (κ2) is 11.9. The second-order valence-corrected chi connectivity index (χ2v) is 11.5. The van der Waals surface area contributed by atoms with Crippen LogP contribution in [0.4, 0.5) is 0 Å². The van der Waals surface area contributed by atoms with Crippen LogP contribution < -0.4 is 4.74 Å². The molecule has 220 valence electrons. The fourth-order valence-corrected chi connectivity index (χ4v) is 6.00. The monoisotopic (exact) mass is 755 g/mol. The molecular weight excluding hydrogens is 724 g/mol. The standard InChI is InChI=1S/C38H32N4O.Pt/c1-24(2)34-18-26(4)17-27(5)38(34)28-22-40-41(23-28)29-9-8-10-30(20-29)43-31-13-14-33-32-11-6-7-12-35(32)42(36(33)21-31)37-19-25(3)15-16-39-37;/h6-19,22-24H,1-5H3;/q-2;+2. The summed E-state index contributed by atoms with van der Waals surface area (Å²) < 4.78 is 10.4. The predicted octanol–water partition coefficient (Wildman–Crippen LogP) is 9.47. The van der Waals surface area contributed by atoms with Crippen LogP contribution >= 0.6 is 0 Å². The van der Waals surface area contributed by atoms with Crippen molar-refractivity contribution in [2.75, 3.05) is 0 Å². The zero-order chi connectivity index (χ0) is 29.7. The van der Waals surface area contributed by atoms with E-state index in [4.69, 9.17) is 9.84 Å². The minimum atomic E-state index is 0. The fourth-order valence-electron chi connectivity index (χ4n) is 6.00. The Morgan fingerprint density at radius 3 is 2.43 bits per heavy atom. The molecule has 3 heterocycles. The summed E-state index contributed by atoms with van der Waals surface area (Å²) in [6.07, 6.45) is 5.85. The van der Waals surface area contributed by atoms with Gasteiger partial charge in [0.05, 0.1) is 6.20 Å². The number of benzene rings is 4. The molecule has 5 nitrogen and oxygen atoms in total. The average molecular weight is 756 g/mol. The number of aryl methyl sites for hydroxylation is 3. The van der Waals surface area contributed by atoms with Crippen LogP contribution in [-0.2, 0) is 21.1 Å². The summed E-state index contributed by atoms with van der Waals surface area (Å²) in [6, 6.07) is 33.8. The number of pyridine rings is 1. The van der Waals surface area contributed by atoms with Crippen molar-refractivity contribution >= 4 is 21.8 Å². The smallest absolute Gasteiger partial charge is 0.509 e. The molecule has 0 aliphatic heterocycles. The largest absolute Gasteiger partial charge is 2.00 e. The van der Waals surface area contributed by atoms with Crippen molar-refractivity contribution in [2.24, 2.45) is 0 Å². The van der Waals surface area contributed by atoms with Gasteiger partial charge in [0, 0.05) is 35.0 Å². The van der Waals surface area contributed by atoms with Crippen LogP contribution in [0.3, 0.4) is 0 Å². The Kier molecular flexibility index (Phi) is 8.00. The quantitative estimate of drug-likeness (QED) is 0.159. The normalized spacial score (nSPS) is 11.3. The van der Waals surface area contributed by atoms with Crippen LogP contribution in [-0.4, -0.2) is 19.3 Å². The van der Waals surface area contributed by atoms with E-state index in [9.17, 15) is 0 Å². The van der Waals surface area contributed by atoms with Gasteiger partial charge in [0.1, 0.15) is 5.82 Å². The topological polar surface area (TPSA) is 44.9 Å². The van der Waals surface area contributed by atoms with Gasteiger partial charge in [-0.1, -0.05) is 55.3 Å². The van der Waals surface area contributed by atoms with E-state index in [1.54, 1.807) is 0 Å². The summed E-state index contributed by atoms with van der Waals surface area (Å²) in [5.41, 5.74) is 10.2. The molecule has 6 heteroatoms. The van der Waals surface area contributed by atoms with E-state index in [2.05, 4.69) is 111 Å². The summed E-state index contributed by atoms with van der Waals surface area (Å²) in [4.78, 5) is 4.68. The van der Waals surface area contributed by atoms with Crippen LogP contribution in [0.15, 0.2) is 97.5 Å². The minimum Gasteiger partial charge on any atom is -0.509 e. The number of hydrogen-bond acceptors (Lipinski definition) is 3. The minimum absolute atomic E-state index is 0. The van der Waals surface area contributed by atoms with Crippen LogP contribution in [0.2, 0.25) is 0 Å². The van der Waals surface area contributed by atoms with Gasteiger partial charge in [0.25, 0.3) is 0 Å². The number of ether oxygens (including phenoxy) is 1. The van der Waals surface area contributed by atoms with E-state index in [1.807, 2.05) is 47.4 Å². The van der Waals surface area contributed by atoms with Gasteiger partial charge in [-0.3, -0.25) is 4.68 Å². The SMILES string of the molecule is Cc1ccnc(-n2c3[c-]c(Oc4[c-]c(-n5cc(-c6c(C)cc(C)cc6C(C)C)cn5)ccc4)ccc3c3ccccc32)c1.[Pt+2]. The molecule has 0 saturated heterocycles. The predicted molar refractivity (Wildman–Crippen MR) is 174 cm³/mol. The number of nitrogens with zero attached hydrogens (tertiary/aromatic N) is 4. The summed E-state index contributed by atoms with van der Waals surface area (Å²) in [6.45, 7) is 10.9. The van der Waals surface area contributed by atoms with Gasteiger partial charge in [-0.15, -0.1) is 35.7 Å². The number of hydrogen-bond donors (Lipinski definition) is 0. The van der Waals surface area contributed by atoms with E-state index < -0.39 is 0 Å². The van der Waals surface area contributed by atoms with Gasteiger partial charge >= 0.3 is 21.1 Å². The first-order valence-electron chi connectivity index (χ1n) is 14.6. The number of aromatic nitrogens is 4. The van der Waals surface area contributed by atoms with Gasteiger partial charge < -0.3 is 9.30 Å². The molecule has 0 amide bonds. The molecule has 0 atom stereocenters. The molecule has 0 saturated carbocycles. The van der Waals surface area contributed by atoms with Gasteiger partial charge in [-0.25, -0.2) is 4.98 Å². The third kappa shape index (κ3) is 5.37. The Hall–Kier alpha value is -4.47. The number of para-hydroxylation sites is 1. The van der Waals surface area contributed by atoms with Crippen molar-refractivity contribution in [2.45, 2.75) is 40.5 Å². The molecule has 0 spiro atoms. The summed E-state index contributed by atoms with van der Waals surface area (Å²) in [7, 11) is 0. The Morgan fingerprint density at radius 1 is 0.795 bits per heavy atom. The van der Waals surface area contributed by atoms with Crippen molar-refractivity contribution in [3.63, 3.8) is 0 Å². The third-order valence-electron chi connectivity index (χ3n) is 7.91. The molecule has 0 unspecified atom stereocenters. The van der Waals surface area contributed by atoms with Gasteiger partial charge in [-0.05, 0) is 78.2 Å². The first kappa shape index (κ1) is 29.6. The van der Waals surface area contributed by atoms with E-state index in [1.165, 1.54) is 22.3 Å². The van der Waals surface area contributed by atoms with Gasteiger partial charge in [0.2, 0.25) is 0 Å². The van der Waals surface area contributed by atoms with Crippen molar-refractivity contribution < 1.29 is 25.8 Å². The van der Waals surface area contributed by atoms with E-state index in [0.717, 1.165) is 44.4 Å². The van der Waals surface area contributed by atoms with E-state index in [-0.39, 0.29) is 21.1 Å². The Balaban J connectivity index is 0.00000343. The molecule has 0 fully saturated rings. The zero-order valence-corrected chi connectivity index (χ0v) is 27.6. The van der Waals surface area contributed by atoms with Gasteiger partial charge in [-0.2, -0.15) is 17.2 Å². The summed E-state index contributed by atoms with van der Waals surface area (Å²) in [5.74, 6) is 2.47. The molecule has 44 heavy (non-hydrogen) atoms. The maximum absolute atomic E-state index is 6.35. The van der Waals surface area contributed by atoms with Crippen molar-refractivity contribution in [1.82, 2.24) is 19.3 Å². The van der Waals surface area contributed by atoms with Crippen molar-refractivity contribution in [3.05, 3.63) is 132 Å². The van der Waals surface area contributed by atoms with Gasteiger partial charge in [0.15, 0.2) is 0 Å². The first-order valence-corrected chi connectivity index (χ1v) is 14.6. The second-order valence-electron chi connectivity index (χ2n) is 11.5. The fraction of sp³-hybridized carbons (Fsp3) is 0.158. The van der Waals surface area contributed by atoms with Crippen molar-refractivity contribution in [1.29, 1.82) is 0 Å². The maximum Gasteiger partial charge on any atom is 2.00 e. The molecule has 4 aromatic carbocycles. The first-order chi connectivity index (χ1) is 20.9. The number of rotatable bonds is 6. The Bertz CT molecular complexity index is 2140. The Labute approximate surface area is 272 Å². The molecule has 0 N–H and O–H groups in total. The summed E-state index contributed by atoms with van der Waals surface area (Å²) >= 11 is 0. The molecule has 0 aliphatic carbocycles. The molecule has 7 aromatic rings. The molecule has 0 bridgehead atoms. The average Bonchev–Trinajstić information content (AvgIpc) is 3.60. The van der Waals surface area contributed by atoms with E-state index >= 15 is 0 Å². The maximum atomic E-state index is 6.35.